The Bertz CT molecular complexity index is 313. The molecule has 4 heteroatoms. The van der Waals surface area contributed by atoms with E-state index in [0.717, 1.165) is 4.47 Å². The largest absolute Gasteiger partial charge is 0.323 e. The lowest BCUT2D eigenvalue weighted by molar-refractivity contribution is -0.0190. The van der Waals surface area contributed by atoms with Gasteiger partial charge in [-0.05, 0) is 24.6 Å². The summed E-state index contributed by atoms with van der Waals surface area (Å²) in [5.74, 6) is -2.85. The summed E-state index contributed by atoms with van der Waals surface area (Å²) in [4.78, 5) is 0. The first-order valence-corrected chi connectivity index (χ1v) is 5.09. The number of halogens is 3. The Morgan fingerprint density at radius 3 is 2.64 bits per heavy atom. The topological polar surface area (TPSA) is 26.0 Å². The second-order valence-corrected chi connectivity index (χ2v) is 4.27. The molecular formula is C10H12BrF2N. The van der Waals surface area contributed by atoms with E-state index in [-0.39, 0.29) is 6.42 Å². The summed E-state index contributed by atoms with van der Waals surface area (Å²) < 4.78 is 27.2. The van der Waals surface area contributed by atoms with E-state index in [0.29, 0.717) is 5.56 Å². The van der Waals surface area contributed by atoms with Crippen molar-refractivity contribution in [3.63, 3.8) is 0 Å². The highest BCUT2D eigenvalue weighted by Crippen LogP contribution is 2.24. The molecule has 0 fully saturated rings. The molecule has 0 aromatic heterocycles. The van der Waals surface area contributed by atoms with Crippen LogP contribution in [-0.4, -0.2) is 12.0 Å². The van der Waals surface area contributed by atoms with Gasteiger partial charge in [0.05, 0.1) is 6.04 Å². The van der Waals surface area contributed by atoms with E-state index in [2.05, 4.69) is 15.9 Å². The fourth-order valence-corrected chi connectivity index (χ4v) is 1.53. The highest BCUT2D eigenvalue weighted by atomic mass is 79.9. The van der Waals surface area contributed by atoms with Crippen LogP contribution in [-0.2, 0) is 6.42 Å². The molecule has 0 aliphatic rings. The smallest absolute Gasteiger partial charge is 0.266 e. The molecule has 1 aromatic rings. The van der Waals surface area contributed by atoms with Crippen LogP contribution in [0.5, 0.6) is 0 Å². The predicted molar refractivity (Wildman–Crippen MR) is 56.4 cm³/mol. The Hall–Kier alpha value is -0.480. The lowest BCUT2D eigenvalue weighted by Gasteiger charge is -2.20. The van der Waals surface area contributed by atoms with E-state index in [1.54, 1.807) is 24.3 Å². The first-order valence-electron chi connectivity index (χ1n) is 4.29. The number of nitrogens with two attached hydrogens (primary N) is 1. The van der Waals surface area contributed by atoms with E-state index in [1.165, 1.54) is 6.92 Å². The molecule has 1 unspecified atom stereocenters. The Kier molecular flexibility index (Phi) is 3.61. The van der Waals surface area contributed by atoms with Gasteiger partial charge in [0, 0.05) is 10.9 Å². The summed E-state index contributed by atoms with van der Waals surface area (Å²) >= 11 is 3.23. The summed E-state index contributed by atoms with van der Waals surface area (Å²) in [5, 5.41) is 0. The molecule has 0 aliphatic heterocycles. The molecule has 0 radical (unpaired) electrons. The summed E-state index contributed by atoms with van der Waals surface area (Å²) in [7, 11) is 0. The van der Waals surface area contributed by atoms with Gasteiger partial charge in [-0.25, -0.2) is 8.78 Å². The fraction of sp³-hybridized carbons (Fsp3) is 0.400. The van der Waals surface area contributed by atoms with Crippen molar-refractivity contribution in [3.05, 3.63) is 34.3 Å². The highest BCUT2D eigenvalue weighted by Gasteiger charge is 2.33. The Morgan fingerprint density at radius 1 is 1.50 bits per heavy atom. The first kappa shape index (κ1) is 11.6. The van der Waals surface area contributed by atoms with E-state index in [9.17, 15) is 8.78 Å². The van der Waals surface area contributed by atoms with Crippen molar-refractivity contribution in [3.8, 4) is 0 Å². The van der Waals surface area contributed by atoms with Gasteiger partial charge in [-0.15, -0.1) is 0 Å². The van der Waals surface area contributed by atoms with Crippen LogP contribution in [0.3, 0.4) is 0 Å². The molecule has 14 heavy (non-hydrogen) atoms. The minimum Gasteiger partial charge on any atom is -0.323 e. The molecule has 0 aliphatic carbocycles. The standard InChI is InChI=1S/C10H12BrF2N/c1-7(14)10(12,13)6-8-3-2-4-9(11)5-8/h2-5,7H,6,14H2,1H3. The normalized spacial score (nSPS) is 14.1. The van der Waals surface area contributed by atoms with Crippen LogP contribution >= 0.6 is 15.9 Å². The molecular weight excluding hydrogens is 252 g/mol. The van der Waals surface area contributed by atoms with Gasteiger partial charge < -0.3 is 5.73 Å². The molecule has 0 bridgehead atoms. The van der Waals surface area contributed by atoms with Crippen LogP contribution in [0.1, 0.15) is 12.5 Å². The van der Waals surface area contributed by atoms with Crippen LogP contribution in [0.25, 0.3) is 0 Å². The molecule has 78 valence electrons. The quantitative estimate of drug-likeness (QED) is 0.892. The van der Waals surface area contributed by atoms with Crippen molar-refractivity contribution in [1.29, 1.82) is 0 Å². The van der Waals surface area contributed by atoms with Crippen LogP contribution in [0.15, 0.2) is 28.7 Å². The SMILES string of the molecule is CC(N)C(F)(F)Cc1cccc(Br)c1. The number of hydrogen-bond donors (Lipinski definition) is 1. The number of alkyl halides is 2. The van der Waals surface area contributed by atoms with E-state index >= 15 is 0 Å². The maximum Gasteiger partial charge on any atom is 0.266 e. The van der Waals surface area contributed by atoms with Gasteiger partial charge in [-0.3, -0.25) is 0 Å². The lowest BCUT2D eigenvalue weighted by atomic mass is 10.0. The Morgan fingerprint density at radius 2 is 2.14 bits per heavy atom. The third-order valence-corrected chi connectivity index (χ3v) is 2.49. The van der Waals surface area contributed by atoms with Gasteiger partial charge in [0.25, 0.3) is 5.92 Å². The van der Waals surface area contributed by atoms with E-state index in [1.807, 2.05) is 0 Å². The molecule has 1 nitrogen and oxygen atoms in total. The zero-order valence-electron chi connectivity index (χ0n) is 7.81. The maximum absolute atomic E-state index is 13.2. The average Bonchev–Trinajstić information content (AvgIpc) is 2.02. The molecule has 1 aromatic carbocycles. The van der Waals surface area contributed by atoms with Gasteiger partial charge in [-0.2, -0.15) is 0 Å². The van der Waals surface area contributed by atoms with E-state index in [4.69, 9.17) is 5.73 Å². The second kappa shape index (κ2) is 4.36. The van der Waals surface area contributed by atoms with Crippen molar-refractivity contribution in [2.45, 2.75) is 25.3 Å². The van der Waals surface area contributed by atoms with Crippen molar-refractivity contribution in [2.24, 2.45) is 5.73 Å². The summed E-state index contributed by atoms with van der Waals surface area (Å²) in [6, 6.07) is 5.75. The summed E-state index contributed by atoms with van der Waals surface area (Å²) in [6.45, 7) is 1.32. The van der Waals surface area contributed by atoms with Crippen molar-refractivity contribution in [2.75, 3.05) is 0 Å². The molecule has 1 atom stereocenters. The molecule has 0 heterocycles. The minimum absolute atomic E-state index is 0.315. The Labute approximate surface area is 90.4 Å². The lowest BCUT2D eigenvalue weighted by Crippen LogP contribution is -2.40. The van der Waals surface area contributed by atoms with Crippen molar-refractivity contribution in [1.82, 2.24) is 0 Å². The molecule has 0 amide bonds. The zero-order valence-corrected chi connectivity index (χ0v) is 9.39. The Balaban J connectivity index is 2.78. The van der Waals surface area contributed by atoms with Gasteiger partial charge in [0.2, 0.25) is 0 Å². The van der Waals surface area contributed by atoms with Crippen LogP contribution in [0, 0.1) is 0 Å². The minimum atomic E-state index is -2.85. The van der Waals surface area contributed by atoms with Crippen LogP contribution < -0.4 is 5.73 Å². The van der Waals surface area contributed by atoms with Gasteiger partial charge in [-0.1, -0.05) is 28.1 Å². The van der Waals surface area contributed by atoms with Crippen LogP contribution in [0.4, 0.5) is 8.78 Å². The van der Waals surface area contributed by atoms with Gasteiger partial charge in [0.1, 0.15) is 0 Å². The molecule has 1 rings (SSSR count). The third kappa shape index (κ3) is 3.03. The van der Waals surface area contributed by atoms with E-state index < -0.39 is 12.0 Å². The first-order chi connectivity index (χ1) is 6.42. The predicted octanol–water partition coefficient (Wildman–Crippen LogP) is 2.97. The third-order valence-electron chi connectivity index (χ3n) is 2.00. The number of hydrogen-bond acceptors (Lipinski definition) is 1. The van der Waals surface area contributed by atoms with Gasteiger partial charge in [0.15, 0.2) is 0 Å². The van der Waals surface area contributed by atoms with Crippen molar-refractivity contribution >= 4 is 15.9 Å². The van der Waals surface area contributed by atoms with Crippen molar-refractivity contribution < 1.29 is 8.78 Å². The molecule has 0 saturated heterocycles. The monoisotopic (exact) mass is 263 g/mol. The average molecular weight is 264 g/mol. The number of rotatable bonds is 3. The molecule has 0 spiro atoms. The highest BCUT2D eigenvalue weighted by molar-refractivity contribution is 9.10. The maximum atomic E-state index is 13.2. The number of benzene rings is 1. The van der Waals surface area contributed by atoms with Gasteiger partial charge >= 0.3 is 0 Å². The molecule has 2 N–H and O–H groups in total. The second-order valence-electron chi connectivity index (χ2n) is 3.36. The zero-order chi connectivity index (χ0) is 10.8. The summed E-state index contributed by atoms with van der Waals surface area (Å²) in [5.41, 5.74) is 5.78. The fourth-order valence-electron chi connectivity index (χ4n) is 1.08. The molecule has 0 saturated carbocycles. The summed E-state index contributed by atoms with van der Waals surface area (Å²) in [6.07, 6.45) is -0.315. The van der Waals surface area contributed by atoms with Crippen LogP contribution in [0.2, 0.25) is 0 Å².